The molecule has 0 bridgehead atoms. The van der Waals surface area contributed by atoms with Gasteiger partial charge in [0.05, 0.1) is 0 Å². The topological polar surface area (TPSA) is 78.1 Å². The molecule has 0 saturated heterocycles. The molecule has 5 rings (SSSR count). The second kappa shape index (κ2) is 6.51. The highest BCUT2D eigenvalue weighted by Gasteiger charge is 2.24. The SMILES string of the molecule is NCc1scc(-c2cccc3c2Cc2ccccc2-3)c1-c1cc(N)ccc1N. The molecule has 1 heterocycles. The molecule has 1 aliphatic carbocycles. The quantitative estimate of drug-likeness (QED) is 0.371. The van der Waals surface area contributed by atoms with Gasteiger partial charge in [0.2, 0.25) is 0 Å². The van der Waals surface area contributed by atoms with Gasteiger partial charge in [-0.2, -0.15) is 0 Å². The van der Waals surface area contributed by atoms with Crippen LogP contribution in [0.4, 0.5) is 11.4 Å². The van der Waals surface area contributed by atoms with E-state index < -0.39 is 0 Å². The molecule has 0 aliphatic heterocycles. The van der Waals surface area contributed by atoms with Crippen molar-refractivity contribution in [2.24, 2.45) is 5.73 Å². The van der Waals surface area contributed by atoms with E-state index in [1.165, 1.54) is 33.4 Å². The summed E-state index contributed by atoms with van der Waals surface area (Å²) in [6, 6.07) is 20.9. The van der Waals surface area contributed by atoms with Crippen molar-refractivity contribution in [3.05, 3.63) is 82.0 Å². The van der Waals surface area contributed by atoms with E-state index in [4.69, 9.17) is 17.2 Å². The minimum absolute atomic E-state index is 0.476. The Balaban J connectivity index is 1.75. The first-order valence-electron chi connectivity index (χ1n) is 9.33. The minimum atomic E-state index is 0.476. The molecule has 0 amide bonds. The number of hydrogen-bond donors (Lipinski definition) is 3. The lowest BCUT2D eigenvalue weighted by Crippen LogP contribution is -1.99. The maximum atomic E-state index is 6.34. The monoisotopic (exact) mass is 383 g/mol. The Morgan fingerprint density at radius 1 is 0.786 bits per heavy atom. The maximum absolute atomic E-state index is 6.34. The van der Waals surface area contributed by atoms with Crippen LogP contribution in [0.3, 0.4) is 0 Å². The van der Waals surface area contributed by atoms with Crippen LogP contribution in [0.2, 0.25) is 0 Å². The molecule has 0 saturated carbocycles. The Labute approximate surface area is 168 Å². The van der Waals surface area contributed by atoms with E-state index in [0.717, 1.165) is 28.1 Å². The van der Waals surface area contributed by atoms with E-state index >= 15 is 0 Å². The maximum Gasteiger partial charge on any atom is 0.0395 e. The molecule has 0 radical (unpaired) electrons. The zero-order chi connectivity index (χ0) is 19.3. The Morgan fingerprint density at radius 3 is 2.36 bits per heavy atom. The molecular formula is C24H21N3S. The molecule has 28 heavy (non-hydrogen) atoms. The fourth-order valence-corrected chi connectivity index (χ4v) is 5.18. The number of nitrogen functional groups attached to an aromatic ring is 2. The number of thiophene rings is 1. The number of nitrogens with two attached hydrogens (primary N) is 3. The van der Waals surface area contributed by atoms with Crippen molar-refractivity contribution in [3.8, 4) is 33.4 Å². The first-order chi connectivity index (χ1) is 13.7. The van der Waals surface area contributed by atoms with Gasteiger partial charge < -0.3 is 17.2 Å². The van der Waals surface area contributed by atoms with Gasteiger partial charge in [-0.1, -0.05) is 42.5 Å². The molecule has 4 heteroatoms. The Hall–Kier alpha value is -3.08. The van der Waals surface area contributed by atoms with Crippen molar-refractivity contribution in [1.82, 2.24) is 0 Å². The van der Waals surface area contributed by atoms with Crippen LogP contribution in [0.1, 0.15) is 16.0 Å². The summed E-state index contributed by atoms with van der Waals surface area (Å²) in [4.78, 5) is 1.13. The van der Waals surface area contributed by atoms with Crippen molar-refractivity contribution in [1.29, 1.82) is 0 Å². The van der Waals surface area contributed by atoms with Crippen LogP contribution < -0.4 is 17.2 Å². The smallest absolute Gasteiger partial charge is 0.0395 e. The van der Waals surface area contributed by atoms with Gasteiger partial charge in [-0.05, 0) is 57.8 Å². The lowest BCUT2D eigenvalue weighted by molar-refractivity contribution is 1.11. The van der Waals surface area contributed by atoms with Crippen molar-refractivity contribution in [2.75, 3.05) is 11.5 Å². The summed E-state index contributed by atoms with van der Waals surface area (Å²) < 4.78 is 0. The number of benzene rings is 3. The van der Waals surface area contributed by atoms with E-state index in [1.54, 1.807) is 11.3 Å². The molecular weight excluding hydrogens is 362 g/mol. The highest BCUT2D eigenvalue weighted by Crippen LogP contribution is 2.47. The Kier molecular flexibility index (Phi) is 3.97. The van der Waals surface area contributed by atoms with Crippen LogP contribution >= 0.6 is 11.3 Å². The summed E-state index contributed by atoms with van der Waals surface area (Å²) >= 11 is 1.69. The third kappa shape index (κ3) is 2.53. The van der Waals surface area contributed by atoms with Gasteiger partial charge in [0.15, 0.2) is 0 Å². The summed E-state index contributed by atoms with van der Waals surface area (Å²) in [7, 11) is 0. The number of rotatable bonds is 3. The second-order valence-electron chi connectivity index (χ2n) is 7.16. The van der Waals surface area contributed by atoms with Crippen LogP contribution in [0.25, 0.3) is 33.4 Å². The number of fused-ring (bicyclic) bond motifs is 3. The molecule has 138 valence electrons. The lowest BCUT2D eigenvalue weighted by atomic mass is 9.91. The van der Waals surface area contributed by atoms with E-state index in [2.05, 4.69) is 47.8 Å². The first-order valence-corrected chi connectivity index (χ1v) is 10.2. The molecule has 0 unspecified atom stereocenters. The fraction of sp³-hybridized carbons (Fsp3) is 0.0833. The predicted octanol–water partition coefficient (Wildman–Crippen LogP) is 5.28. The Bertz CT molecular complexity index is 1210. The molecule has 1 aliphatic rings. The number of hydrogen-bond acceptors (Lipinski definition) is 4. The largest absolute Gasteiger partial charge is 0.399 e. The average Bonchev–Trinajstić information content (AvgIpc) is 3.31. The summed E-state index contributed by atoms with van der Waals surface area (Å²) in [5.74, 6) is 0. The zero-order valence-corrected chi connectivity index (χ0v) is 16.2. The van der Waals surface area contributed by atoms with Crippen LogP contribution in [0.15, 0.2) is 66.0 Å². The van der Waals surface area contributed by atoms with Crippen molar-refractivity contribution >= 4 is 22.7 Å². The van der Waals surface area contributed by atoms with Crippen LogP contribution in [0, 0.1) is 0 Å². The van der Waals surface area contributed by atoms with Gasteiger partial charge in [-0.3, -0.25) is 0 Å². The summed E-state index contributed by atoms with van der Waals surface area (Å²) in [6.45, 7) is 0.476. The highest BCUT2D eigenvalue weighted by atomic mass is 32.1. The molecule has 0 atom stereocenters. The molecule has 0 fully saturated rings. The van der Waals surface area contributed by atoms with Gasteiger partial charge in [0.25, 0.3) is 0 Å². The molecule has 1 aromatic heterocycles. The van der Waals surface area contributed by atoms with Crippen molar-refractivity contribution in [3.63, 3.8) is 0 Å². The van der Waals surface area contributed by atoms with E-state index in [1.807, 2.05) is 18.2 Å². The minimum Gasteiger partial charge on any atom is -0.399 e. The molecule has 0 spiro atoms. The first kappa shape index (κ1) is 17.0. The summed E-state index contributed by atoms with van der Waals surface area (Å²) in [6.07, 6.45) is 0.946. The Morgan fingerprint density at radius 2 is 1.54 bits per heavy atom. The average molecular weight is 384 g/mol. The van der Waals surface area contributed by atoms with Gasteiger partial charge in [0, 0.05) is 39.5 Å². The summed E-state index contributed by atoms with van der Waals surface area (Å²) in [5.41, 5.74) is 29.8. The van der Waals surface area contributed by atoms with Gasteiger partial charge in [0.1, 0.15) is 0 Å². The van der Waals surface area contributed by atoms with Gasteiger partial charge in [-0.25, -0.2) is 0 Å². The molecule has 6 N–H and O–H groups in total. The molecule has 3 aromatic carbocycles. The second-order valence-corrected chi connectivity index (χ2v) is 8.13. The summed E-state index contributed by atoms with van der Waals surface area (Å²) in [5, 5.41) is 2.21. The van der Waals surface area contributed by atoms with Gasteiger partial charge in [-0.15, -0.1) is 11.3 Å². The van der Waals surface area contributed by atoms with Crippen LogP contribution in [0.5, 0.6) is 0 Å². The third-order valence-corrected chi connectivity index (χ3v) is 6.55. The van der Waals surface area contributed by atoms with E-state index in [-0.39, 0.29) is 0 Å². The standard InChI is InChI=1S/C24H21N3S/c25-12-23-24(20-11-15(26)8-9-22(20)27)21(13-28-23)18-7-3-6-17-16-5-2-1-4-14(16)10-19(17)18/h1-9,11,13H,10,12,25-27H2. The molecule has 4 aromatic rings. The van der Waals surface area contributed by atoms with Crippen molar-refractivity contribution in [2.45, 2.75) is 13.0 Å². The predicted molar refractivity (Wildman–Crippen MR) is 120 cm³/mol. The normalized spacial score (nSPS) is 12.0. The third-order valence-electron chi connectivity index (χ3n) is 5.54. The molecule has 3 nitrogen and oxygen atoms in total. The fourth-order valence-electron chi connectivity index (χ4n) is 4.24. The lowest BCUT2D eigenvalue weighted by Gasteiger charge is -2.14. The highest BCUT2D eigenvalue weighted by molar-refractivity contribution is 7.11. The zero-order valence-electron chi connectivity index (χ0n) is 15.4. The van der Waals surface area contributed by atoms with Crippen LogP contribution in [-0.4, -0.2) is 0 Å². The van der Waals surface area contributed by atoms with E-state index in [0.29, 0.717) is 12.2 Å². The van der Waals surface area contributed by atoms with Gasteiger partial charge >= 0.3 is 0 Å². The van der Waals surface area contributed by atoms with E-state index in [9.17, 15) is 0 Å². The van der Waals surface area contributed by atoms with Crippen molar-refractivity contribution < 1.29 is 0 Å². The van der Waals surface area contributed by atoms with Crippen LogP contribution in [-0.2, 0) is 13.0 Å². The number of anilines is 2.